The summed E-state index contributed by atoms with van der Waals surface area (Å²) in [5.74, 6) is -0.299. The molecule has 2 aromatic rings. The Kier molecular flexibility index (Phi) is 6.86. The average molecular weight is 395 g/mol. The Bertz CT molecular complexity index is 799. The fourth-order valence-corrected chi connectivity index (χ4v) is 6.73. The van der Waals surface area contributed by atoms with E-state index < -0.39 is 8.07 Å². The van der Waals surface area contributed by atoms with Crippen molar-refractivity contribution in [2.75, 3.05) is 6.61 Å². The van der Waals surface area contributed by atoms with Gasteiger partial charge in [0.15, 0.2) is 0 Å². The Morgan fingerprint density at radius 1 is 1.07 bits per heavy atom. The summed E-state index contributed by atoms with van der Waals surface area (Å²) in [5.41, 5.74) is 1.96. The van der Waals surface area contributed by atoms with Crippen molar-refractivity contribution in [2.24, 2.45) is 0 Å². The molecule has 4 heteroatoms. The second-order valence-electron chi connectivity index (χ2n) is 8.00. The molecule has 2 atom stereocenters. The van der Waals surface area contributed by atoms with Crippen LogP contribution in [0.4, 0.5) is 0 Å². The van der Waals surface area contributed by atoms with Gasteiger partial charge in [0.05, 0.1) is 26.9 Å². The first kappa shape index (κ1) is 20.6. The zero-order valence-corrected chi connectivity index (χ0v) is 18.1. The molecule has 3 rings (SSSR count). The topological polar surface area (TPSA) is 35.5 Å². The molecular formula is C24H30O3Si. The molecule has 1 heterocycles. The third kappa shape index (κ3) is 5.21. The van der Waals surface area contributed by atoms with Crippen molar-refractivity contribution in [1.29, 1.82) is 0 Å². The van der Waals surface area contributed by atoms with E-state index in [1.165, 1.54) is 5.19 Å². The van der Waals surface area contributed by atoms with Gasteiger partial charge in [-0.05, 0) is 36.9 Å². The second-order valence-corrected chi connectivity index (χ2v) is 12.7. The highest BCUT2D eigenvalue weighted by Gasteiger charge is 2.34. The van der Waals surface area contributed by atoms with Crippen molar-refractivity contribution in [3.63, 3.8) is 0 Å². The normalized spacial score (nSPS) is 20.2. The standard InChI is InChI=1S/C24H30O3Si/c1-4-26-24(25)17-22(19-11-7-5-8-12-19)23-16-15-20(27-23)18-28(2,3)21-13-9-6-10-14-21/h5-14,17,20,23H,4,15-16,18H2,1-3H3/b22-17+/t20-,23-/m1/s1. The lowest BCUT2D eigenvalue weighted by Gasteiger charge is -2.27. The summed E-state index contributed by atoms with van der Waals surface area (Å²) in [7, 11) is -1.57. The van der Waals surface area contributed by atoms with Crippen LogP contribution in [0.1, 0.15) is 25.3 Å². The zero-order chi connectivity index (χ0) is 20.0. The molecule has 28 heavy (non-hydrogen) atoms. The van der Waals surface area contributed by atoms with E-state index in [9.17, 15) is 4.79 Å². The number of carbonyl (C=O) groups is 1. The van der Waals surface area contributed by atoms with E-state index in [4.69, 9.17) is 9.47 Å². The summed E-state index contributed by atoms with van der Waals surface area (Å²) in [4.78, 5) is 12.1. The summed E-state index contributed by atoms with van der Waals surface area (Å²) in [5, 5.41) is 1.47. The molecule has 0 aromatic heterocycles. The van der Waals surface area contributed by atoms with E-state index in [-0.39, 0.29) is 18.2 Å². The van der Waals surface area contributed by atoms with E-state index in [0.29, 0.717) is 6.61 Å². The predicted molar refractivity (Wildman–Crippen MR) is 117 cm³/mol. The van der Waals surface area contributed by atoms with Crippen molar-refractivity contribution >= 4 is 24.8 Å². The van der Waals surface area contributed by atoms with Crippen LogP contribution in [0.15, 0.2) is 66.7 Å². The Labute approximate surface area is 169 Å². The van der Waals surface area contributed by atoms with Crippen LogP contribution in [-0.4, -0.2) is 32.9 Å². The molecule has 2 aromatic carbocycles. The molecule has 148 valence electrons. The van der Waals surface area contributed by atoms with Gasteiger partial charge in [-0.15, -0.1) is 0 Å². The number of ether oxygens (including phenoxy) is 2. The van der Waals surface area contributed by atoms with Gasteiger partial charge < -0.3 is 9.47 Å². The molecule has 0 saturated carbocycles. The van der Waals surface area contributed by atoms with Gasteiger partial charge in [0.25, 0.3) is 0 Å². The van der Waals surface area contributed by atoms with Gasteiger partial charge in [-0.25, -0.2) is 4.79 Å². The lowest BCUT2D eigenvalue weighted by Crippen LogP contribution is -2.43. The molecule has 3 nitrogen and oxygen atoms in total. The van der Waals surface area contributed by atoms with Crippen molar-refractivity contribution in [1.82, 2.24) is 0 Å². The third-order valence-electron chi connectivity index (χ3n) is 5.41. The van der Waals surface area contributed by atoms with Gasteiger partial charge in [-0.2, -0.15) is 0 Å². The van der Waals surface area contributed by atoms with Crippen LogP contribution in [0.25, 0.3) is 5.57 Å². The molecular weight excluding hydrogens is 364 g/mol. The minimum atomic E-state index is -1.57. The minimum absolute atomic E-state index is 0.0580. The van der Waals surface area contributed by atoms with E-state index in [1.807, 2.05) is 37.3 Å². The first-order valence-electron chi connectivity index (χ1n) is 10.1. The van der Waals surface area contributed by atoms with Gasteiger partial charge in [-0.3, -0.25) is 0 Å². The van der Waals surface area contributed by atoms with Crippen LogP contribution in [0.2, 0.25) is 19.1 Å². The number of rotatable bonds is 7. The van der Waals surface area contributed by atoms with Gasteiger partial charge >= 0.3 is 5.97 Å². The molecule has 0 N–H and O–H groups in total. The maximum Gasteiger partial charge on any atom is 0.331 e. The monoisotopic (exact) mass is 394 g/mol. The molecule has 0 spiro atoms. The highest BCUT2D eigenvalue weighted by molar-refractivity contribution is 6.89. The molecule has 1 aliphatic rings. The van der Waals surface area contributed by atoms with Crippen molar-refractivity contribution in [2.45, 2.75) is 51.1 Å². The summed E-state index contributed by atoms with van der Waals surface area (Å²) in [6.07, 6.45) is 3.76. The summed E-state index contributed by atoms with van der Waals surface area (Å²) < 4.78 is 11.6. The summed E-state index contributed by atoms with van der Waals surface area (Å²) in [6.45, 7) is 7.02. The minimum Gasteiger partial charge on any atom is -0.463 e. The Morgan fingerprint density at radius 3 is 2.36 bits per heavy atom. The fourth-order valence-electron chi connectivity index (χ4n) is 3.96. The predicted octanol–water partition coefficient (Wildman–Crippen LogP) is 4.80. The smallest absolute Gasteiger partial charge is 0.331 e. The average Bonchev–Trinajstić information content (AvgIpc) is 3.15. The van der Waals surface area contributed by atoms with Crippen molar-refractivity contribution in [3.8, 4) is 0 Å². The van der Waals surface area contributed by atoms with Crippen LogP contribution in [0.5, 0.6) is 0 Å². The quantitative estimate of drug-likeness (QED) is 0.384. The zero-order valence-electron chi connectivity index (χ0n) is 17.1. The maximum atomic E-state index is 12.1. The summed E-state index contributed by atoms with van der Waals surface area (Å²) >= 11 is 0. The van der Waals surface area contributed by atoms with Crippen LogP contribution < -0.4 is 5.19 Å². The van der Waals surface area contributed by atoms with Crippen molar-refractivity contribution < 1.29 is 14.3 Å². The second kappa shape index (κ2) is 9.35. The van der Waals surface area contributed by atoms with Crippen molar-refractivity contribution in [3.05, 3.63) is 72.3 Å². The molecule has 0 aliphatic carbocycles. The molecule has 0 amide bonds. The lowest BCUT2D eigenvalue weighted by molar-refractivity contribution is -0.137. The van der Waals surface area contributed by atoms with Crippen LogP contribution in [0.3, 0.4) is 0 Å². The number of hydrogen-bond acceptors (Lipinski definition) is 3. The number of benzene rings is 2. The molecule has 1 fully saturated rings. The molecule has 1 aliphatic heterocycles. The van der Waals surface area contributed by atoms with Gasteiger partial charge in [0.1, 0.15) is 0 Å². The Morgan fingerprint density at radius 2 is 1.71 bits per heavy atom. The van der Waals surface area contributed by atoms with Crippen LogP contribution >= 0.6 is 0 Å². The fraction of sp³-hybridized carbons (Fsp3) is 0.375. The molecule has 0 bridgehead atoms. The van der Waals surface area contributed by atoms with E-state index in [0.717, 1.165) is 30.0 Å². The van der Waals surface area contributed by atoms with Gasteiger partial charge in [0, 0.05) is 6.08 Å². The Hall–Kier alpha value is -2.17. The number of esters is 1. The van der Waals surface area contributed by atoms with Crippen LogP contribution in [0, 0.1) is 0 Å². The molecule has 0 unspecified atom stereocenters. The maximum absolute atomic E-state index is 12.1. The molecule has 1 saturated heterocycles. The van der Waals surface area contributed by atoms with E-state index in [2.05, 4.69) is 43.4 Å². The van der Waals surface area contributed by atoms with E-state index in [1.54, 1.807) is 6.08 Å². The first-order valence-corrected chi connectivity index (χ1v) is 13.3. The van der Waals surface area contributed by atoms with Gasteiger partial charge in [-0.1, -0.05) is 78.9 Å². The SMILES string of the molecule is CCOC(=O)/C=C(\c1ccccc1)[C@H]1CC[C@H](C[Si](C)(C)c2ccccc2)O1. The highest BCUT2D eigenvalue weighted by Crippen LogP contribution is 2.34. The number of carbonyl (C=O) groups excluding carboxylic acids is 1. The number of hydrogen-bond donors (Lipinski definition) is 0. The highest BCUT2D eigenvalue weighted by atomic mass is 28.3. The van der Waals surface area contributed by atoms with Gasteiger partial charge in [0.2, 0.25) is 0 Å². The summed E-state index contributed by atoms with van der Waals surface area (Å²) in [6, 6.07) is 21.9. The van der Waals surface area contributed by atoms with E-state index >= 15 is 0 Å². The third-order valence-corrected chi connectivity index (χ3v) is 8.79. The first-order chi connectivity index (χ1) is 13.5. The largest absolute Gasteiger partial charge is 0.463 e. The van der Waals surface area contributed by atoms with Crippen LogP contribution in [-0.2, 0) is 14.3 Å². The lowest BCUT2D eigenvalue weighted by atomic mass is 9.98. The Balaban J connectivity index is 1.75. The molecule has 0 radical (unpaired) electrons.